The van der Waals surface area contributed by atoms with Crippen LogP contribution < -0.4 is 10.9 Å². The molecule has 0 spiro atoms. The van der Waals surface area contributed by atoms with Crippen molar-refractivity contribution in [2.24, 2.45) is 7.05 Å². The van der Waals surface area contributed by atoms with Crippen LogP contribution in [0.4, 0.5) is 5.69 Å². The summed E-state index contributed by atoms with van der Waals surface area (Å²) in [6, 6.07) is 7.60. The molecule has 1 amide bonds. The third-order valence-electron chi connectivity index (χ3n) is 3.77. The molecule has 2 aromatic heterocycles. The van der Waals surface area contributed by atoms with Crippen molar-refractivity contribution in [2.45, 2.75) is 20.3 Å². The topological polar surface area (TPSA) is 77.1 Å². The first-order valence-corrected chi connectivity index (χ1v) is 7.36. The van der Waals surface area contributed by atoms with E-state index in [-0.39, 0.29) is 28.1 Å². The molecule has 1 N–H and O–H groups in total. The Bertz CT molecular complexity index is 953. The second-order valence-corrected chi connectivity index (χ2v) is 5.38. The third kappa shape index (κ3) is 2.63. The Labute approximate surface area is 132 Å². The highest BCUT2D eigenvalue weighted by Gasteiger charge is 2.22. The molecule has 3 rings (SSSR count). The van der Waals surface area contributed by atoms with Crippen LogP contribution in [0.3, 0.4) is 0 Å². The van der Waals surface area contributed by atoms with Crippen molar-refractivity contribution < 1.29 is 9.21 Å². The number of anilines is 1. The van der Waals surface area contributed by atoms with Gasteiger partial charge in [-0.05, 0) is 31.0 Å². The van der Waals surface area contributed by atoms with Crippen LogP contribution in [-0.2, 0) is 13.5 Å². The van der Waals surface area contributed by atoms with E-state index in [9.17, 15) is 9.59 Å². The third-order valence-corrected chi connectivity index (χ3v) is 3.77. The number of amides is 1. The molecular weight excluding hydrogens is 294 g/mol. The van der Waals surface area contributed by atoms with E-state index in [0.717, 1.165) is 12.0 Å². The van der Waals surface area contributed by atoms with E-state index in [4.69, 9.17) is 4.42 Å². The number of benzene rings is 1. The van der Waals surface area contributed by atoms with E-state index >= 15 is 0 Å². The smallest absolute Gasteiger partial charge is 0.265 e. The van der Waals surface area contributed by atoms with E-state index < -0.39 is 0 Å². The van der Waals surface area contributed by atoms with Gasteiger partial charge in [0.15, 0.2) is 0 Å². The fourth-order valence-electron chi connectivity index (χ4n) is 2.52. The van der Waals surface area contributed by atoms with Crippen molar-refractivity contribution in [1.82, 2.24) is 9.55 Å². The Hall–Kier alpha value is -2.89. The predicted octanol–water partition coefficient (Wildman–Crippen LogP) is 2.65. The summed E-state index contributed by atoms with van der Waals surface area (Å²) in [6.07, 6.45) is 2.25. The minimum Gasteiger partial charge on any atom is -0.442 e. The summed E-state index contributed by atoms with van der Waals surface area (Å²) in [4.78, 5) is 29.0. The molecule has 0 bridgehead atoms. The summed E-state index contributed by atoms with van der Waals surface area (Å²) >= 11 is 0. The molecule has 1 aromatic carbocycles. The van der Waals surface area contributed by atoms with Crippen LogP contribution in [0.25, 0.3) is 11.1 Å². The monoisotopic (exact) mass is 311 g/mol. The van der Waals surface area contributed by atoms with Crippen molar-refractivity contribution >= 4 is 22.7 Å². The van der Waals surface area contributed by atoms with E-state index in [1.807, 2.05) is 31.2 Å². The van der Waals surface area contributed by atoms with Crippen LogP contribution in [0, 0.1) is 6.92 Å². The van der Waals surface area contributed by atoms with Gasteiger partial charge in [0.2, 0.25) is 5.71 Å². The van der Waals surface area contributed by atoms with Gasteiger partial charge in [0.25, 0.3) is 11.5 Å². The zero-order valence-electron chi connectivity index (χ0n) is 13.2. The maximum absolute atomic E-state index is 12.6. The van der Waals surface area contributed by atoms with Crippen molar-refractivity contribution in [1.29, 1.82) is 0 Å². The van der Waals surface area contributed by atoms with Gasteiger partial charge in [0.05, 0.1) is 5.56 Å². The van der Waals surface area contributed by atoms with Gasteiger partial charge in [0.1, 0.15) is 17.5 Å². The Morgan fingerprint density at radius 2 is 2.17 bits per heavy atom. The van der Waals surface area contributed by atoms with Gasteiger partial charge < -0.3 is 14.3 Å². The fraction of sp³-hybridized carbons (Fsp3) is 0.235. The maximum Gasteiger partial charge on any atom is 0.265 e. The molecule has 0 fully saturated rings. The molecule has 118 valence electrons. The van der Waals surface area contributed by atoms with Crippen molar-refractivity contribution in [2.75, 3.05) is 5.32 Å². The van der Waals surface area contributed by atoms with E-state index in [1.165, 1.54) is 10.9 Å². The molecule has 0 atom stereocenters. The number of nitrogens with one attached hydrogen (secondary N) is 1. The lowest BCUT2D eigenvalue weighted by Gasteiger charge is -2.06. The number of rotatable bonds is 3. The van der Waals surface area contributed by atoms with Crippen molar-refractivity contribution in [3.05, 3.63) is 57.8 Å². The summed E-state index contributed by atoms with van der Waals surface area (Å²) in [5, 5.41) is 3.03. The molecule has 0 unspecified atom stereocenters. The second-order valence-electron chi connectivity index (χ2n) is 5.38. The lowest BCUT2D eigenvalue weighted by molar-refractivity contribution is 0.102. The first-order chi connectivity index (χ1) is 11.0. The van der Waals surface area contributed by atoms with Crippen LogP contribution >= 0.6 is 0 Å². The summed E-state index contributed by atoms with van der Waals surface area (Å²) in [5.74, 6) is -0.000417. The van der Waals surface area contributed by atoms with E-state index in [0.29, 0.717) is 11.4 Å². The lowest BCUT2D eigenvalue weighted by atomic mass is 10.1. The van der Waals surface area contributed by atoms with Gasteiger partial charge in [-0.1, -0.05) is 19.1 Å². The number of carbonyl (C=O) groups is 1. The minimum absolute atomic E-state index is 0.179. The highest BCUT2D eigenvalue weighted by atomic mass is 16.3. The first-order valence-electron chi connectivity index (χ1n) is 7.36. The van der Waals surface area contributed by atoms with Gasteiger partial charge in [-0.2, -0.15) is 0 Å². The summed E-state index contributed by atoms with van der Waals surface area (Å²) in [5.41, 5.74) is 1.91. The van der Waals surface area contributed by atoms with Gasteiger partial charge in [0, 0.05) is 12.7 Å². The van der Waals surface area contributed by atoms with Gasteiger partial charge in [-0.25, -0.2) is 4.98 Å². The normalized spacial score (nSPS) is 10.9. The average molecular weight is 311 g/mol. The number of hydrogen-bond acceptors (Lipinski definition) is 4. The van der Waals surface area contributed by atoms with Gasteiger partial charge in [-0.3, -0.25) is 9.59 Å². The molecular formula is C17H17N3O3. The van der Waals surface area contributed by atoms with Gasteiger partial charge >= 0.3 is 0 Å². The van der Waals surface area contributed by atoms with Crippen LogP contribution in [0.2, 0.25) is 0 Å². The Kier molecular flexibility index (Phi) is 3.73. The zero-order valence-corrected chi connectivity index (χ0v) is 13.2. The predicted molar refractivity (Wildman–Crippen MR) is 87.8 cm³/mol. The Morgan fingerprint density at radius 1 is 1.39 bits per heavy atom. The van der Waals surface area contributed by atoms with Crippen LogP contribution in [0.5, 0.6) is 0 Å². The Morgan fingerprint density at radius 3 is 2.91 bits per heavy atom. The van der Waals surface area contributed by atoms with Crippen molar-refractivity contribution in [3.8, 4) is 0 Å². The van der Waals surface area contributed by atoms with E-state index in [2.05, 4.69) is 10.3 Å². The second kappa shape index (κ2) is 5.72. The molecule has 0 radical (unpaired) electrons. The highest BCUT2D eigenvalue weighted by molar-refractivity contribution is 6.12. The molecule has 3 aromatic rings. The molecule has 0 aliphatic rings. The molecule has 2 heterocycles. The fourth-order valence-corrected chi connectivity index (χ4v) is 2.52. The minimum atomic E-state index is -0.375. The number of hydrogen-bond donors (Lipinski definition) is 1. The van der Waals surface area contributed by atoms with E-state index in [1.54, 1.807) is 14.0 Å². The largest absolute Gasteiger partial charge is 0.442 e. The number of nitrogens with zero attached hydrogens (tertiary/aromatic N) is 2. The summed E-state index contributed by atoms with van der Waals surface area (Å²) in [6.45, 7) is 3.70. The van der Waals surface area contributed by atoms with Crippen LogP contribution in [-0.4, -0.2) is 15.5 Å². The number of carbonyl (C=O) groups excluding carboxylic acids is 1. The number of fused-ring (bicyclic) bond motifs is 1. The molecule has 6 heteroatoms. The molecule has 0 saturated heterocycles. The summed E-state index contributed by atoms with van der Waals surface area (Å²) in [7, 11) is 1.59. The molecule has 6 nitrogen and oxygen atoms in total. The number of aryl methyl sites for hydroxylation is 3. The summed E-state index contributed by atoms with van der Waals surface area (Å²) < 4.78 is 6.78. The quantitative estimate of drug-likeness (QED) is 0.806. The van der Waals surface area contributed by atoms with Gasteiger partial charge in [-0.15, -0.1) is 0 Å². The van der Waals surface area contributed by atoms with Crippen molar-refractivity contribution in [3.63, 3.8) is 0 Å². The standard InChI is InChI=1S/C17H17N3O3/c1-4-11-6-5-7-12(8-11)19-15(21)13-10(2)23-16-14(13)17(22)20(3)9-18-16/h5-9H,4H2,1-3H3,(H,19,21). The number of furan rings is 1. The zero-order chi connectivity index (χ0) is 16.6. The lowest BCUT2D eigenvalue weighted by Crippen LogP contribution is -2.20. The molecule has 0 aliphatic carbocycles. The number of aromatic nitrogens is 2. The SMILES string of the molecule is CCc1cccc(NC(=O)c2c(C)oc3ncn(C)c(=O)c23)c1. The molecule has 23 heavy (non-hydrogen) atoms. The Balaban J connectivity index is 2.05. The van der Waals surface area contributed by atoms with Crippen LogP contribution in [0.1, 0.15) is 28.6 Å². The first kappa shape index (κ1) is 15.0. The maximum atomic E-state index is 12.6. The molecule has 0 saturated carbocycles. The molecule has 0 aliphatic heterocycles. The average Bonchev–Trinajstić information content (AvgIpc) is 2.88. The van der Waals surface area contributed by atoms with Crippen LogP contribution in [0.15, 0.2) is 39.8 Å². The highest BCUT2D eigenvalue weighted by Crippen LogP contribution is 2.22.